The Balaban J connectivity index is 1.40. The minimum absolute atomic E-state index is 0.506. The van der Waals surface area contributed by atoms with E-state index in [0.29, 0.717) is 31.5 Å². The van der Waals surface area contributed by atoms with Crippen LogP contribution in [0.15, 0.2) is 59.0 Å². The molecule has 6 nitrogen and oxygen atoms in total. The van der Waals surface area contributed by atoms with Crippen LogP contribution in [0.2, 0.25) is 0 Å². The van der Waals surface area contributed by atoms with Crippen molar-refractivity contribution in [2.45, 2.75) is 6.54 Å². The highest BCUT2D eigenvalue weighted by Gasteiger charge is 2.07. The van der Waals surface area contributed by atoms with Crippen LogP contribution in [-0.4, -0.2) is 30.5 Å². The van der Waals surface area contributed by atoms with Gasteiger partial charge in [0, 0.05) is 12.1 Å². The van der Waals surface area contributed by atoms with Gasteiger partial charge in [0.25, 0.3) is 0 Å². The van der Waals surface area contributed by atoms with Crippen LogP contribution < -0.4 is 14.8 Å². The van der Waals surface area contributed by atoms with Crippen molar-refractivity contribution in [2.75, 3.05) is 20.3 Å². The molecule has 0 bridgehead atoms. The van der Waals surface area contributed by atoms with E-state index in [1.54, 1.807) is 7.11 Å². The van der Waals surface area contributed by atoms with Crippen LogP contribution in [0.4, 0.5) is 0 Å². The SMILES string of the molecule is COc1ccc(OCCNCc2nnc(-c3ccccc3)o2)cc1. The highest BCUT2D eigenvalue weighted by Crippen LogP contribution is 2.17. The Hall–Kier alpha value is -2.86. The molecule has 0 radical (unpaired) electrons. The molecule has 0 amide bonds. The van der Waals surface area contributed by atoms with Gasteiger partial charge in [-0.3, -0.25) is 0 Å². The second-order valence-corrected chi connectivity index (χ2v) is 5.07. The van der Waals surface area contributed by atoms with Gasteiger partial charge >= 0.3 is 0 Å². The molecule has 3 aromatic rings. The van der Waals surface area contributed by atoms with Gasteiger partial charge in [-0.05, 0) is 36.4 Å². The van der Waals surface area contributed by atoms with Crippen molar-refractivity contribution in [2.24, 2.45) is 0 Å². The summed E-state index contributed by atoms with van der Waals surface area (Å²) in [6.45, 7) is 1.73. The number of hydrogen-bond donors (Lipinski definition) is 1. The third kappa shape index (κ3) is 4.33. The zero-order chi connectivity index (χ0) is 16.6. The average Bonchev–Trinajstić information content (AvgIpc) is 3.12. The van der Waals surface area contributed by atoms with Crippen molar-refractivity contribution < 1.29 is 13.9 Å². The first kappa shape index (κ1) is 16.0. The van der Waals surface area contributed by atoms with E-state index in [0.717, 1.165) is 17.1 Å². The van der Waals surface area contributed by atoms with E-state index in [4.69, 9.17) is 13.9 Å². The fraction of sp³-hybridized carbons (Fsp3) is 0.222. The monoisotopic (exact) mass is 325 g/mol. The van der Waals surface area contributed by atoms with Gasteiger partial charge < -0.3 is 19.2 Å². The van der Waals surface area contributed by atoms with Crippen molar-refractivity contribution in [1.82, 2.24) is 15.5 Å². The van der Waals surface area contributed by atoms with Crippen molar-refractivity contribution in [3.63, 3.8) is 0 Å². The van der Waals surface area contributed by atoms with E-state index >= 15 is 0 Å². The van der Waals surface area contributed by atoms with Gasteiger partial charge in [-0.15, -0.1) is 10.2 Å². The second-order valence-electron chi connectivity index (χ2n) is 5.07. The molecule has 1 aromatic heterocycles. The Morgan fingerprint density at radius 3 is 2.46 bits per heavy atom. The number of nitrogens with zero attached hydrogens (tertiary/aromatic N) is 2. The van der Waals surface area contributed by atoms with Gasteiger partial charge in [0.1, 0.15) is 18.1 Å². The summed E-state index contributed by atoms with van der Waals surface area (Å²) < 4.78 is 16.4. The topological polar surface area (TPSA) is 69.4 Å². The maximum absolute atomic E-state index is 5.63. The Kier molecular flexibility index (Phi) is 5.42. The predicted octanol–water partition coefficient (Wildman–Crippen LogP) is 2.91. The summed E-state index contributed by atoms with van der Waals surface area (Å²) in [6, 6.07) is 17.2. The van der Waals surface area contributed by atoms with Gasteiger partial charge in [0.2, 0.25) is 11.8 Å². The number of aromatic nitrogens is 2. The fourth-order valence-corrected chi connectivity index (χ4v) is 2.13. The zero-order valence-electron chi connectivity index (χ0n) is 13.4. The van der Waals surface area contributed by atoms with Gasteiger partial charge in [0.15, 0.2) is 0 Å². The molecule has 24 heavy (non-hydrogen) atoms. The Morgan fingerprint density at radius 2 is 1.71 bits per heavy atom. The molecular formula is C18H19N3O3. The van der Waals surface area contributed by atoms with E-state index in [9.17, 15) is 0 Å². The second kappa shape index (κ2) is 8.12. The van der Waals surface area contributed by atoms with Crippen LogP contribution in [0, 0.1) is 0 Å². The number of rotatable bonds is 8. The van der Waals surface area contributed by atoms with Crippen LogP contribution in [0.5, 0.6) is 11.5 Å². The highest BCUT2D eigenvalue weighted by molar-refractivity contribution is 5.51. The molecule has 2 aromatic carbocycles. The first-order chi connectivity index (χ1) is 11.8. The Morgan fingerprint density at radius 1 is 0.958 bits per heavy atom. The lowest BCUT2D eigenvalue weighted by molar-refractivity contribution is 0.309. The highest BCUT2D eigenvalue weighted by atomic mass is 16.5. The molecule has 0 saturated heterocycles. The molecule has 0 saturated carbocycles. The third-order valence-electron chi connectivity index (χ3n) is 3.37. The standard InChI is InChI=1S/C18H19N3O3/c1-22-15-7-9-16(10-8-15)23-12-11-19-13-17-20-21-18(24-17)14-5-3-2-4-6-14/h2-10,19H,11-13H2,1H3. The lowest BCUT2D eigenvalue weighted by Gasteiger charge is -2.07. The maximum Gasteiger partial charge on any atom is 0.247 e. The largest absolute Gasteiger partial charge is 0.497 e. The molecule has 3 rings (SSSR count). The minimum Gasteiger partial charge on any atom is -0.497 e. The summed E-state index contributed by atoms with van der Waals surface area (Å²) in [5, 5.41) is 11.3. The van der Waals surface area contributed by atoms with Crippen LogP contribution in [0.1, 0.15) is 5.89 Å². The molecule has 0 unspecified atom stereocenters. The normalized spacial score (nSPS) is 10.5. The van der Waals surface area contributed by atoms with Crippen molar-refractivity contribution in [3.05, 3.63) is 60.5 Å². The van der Waals surface area contributed by atoms with Crippen LogP contribution >= 0.6 is 0 Å². The fourth-order valence-electron chi connectivity index (χ4n) is 2.13. The first-order valence-corrected chi connectivity index (χ1v) is 7.70. The Bertz CT molecular complexity index is 742. The molecule has 0 fully saturated rings. The molecule has 124 valence electrons. The number of hydrogen-bond acceptors (Lipinski definition) is 6. The van der Waals surface area contributed by atoms with Crippen molar-refractivity contribution >= 4 is 0 Å². The lowest BCUT2D eigenvalue weighted by Crippen LogP contribution is -2.20. The van der Waals surface area contributed by atoms with Crippen LogP contribution in [0.3, 0.4) is 0 Å². The van der Waals surface area contributed by atoms with Crippen molar-refractivity contribution in [1.29, 1.82) is 0 Å². The predicted molar refractivity (Wildman–Crippen MR) is 89.9 cm³/mol. The van der Waals surface area contributed by atoms with Crippen molar-refractivity contribution in [3.8, 4) is 23.0 Å². The Labute approximate surface area is 140 Å². The summed E-state index contributed by atoms with van der Waals surface area (Å²) in [5.41, 5.74) is 0.916. The summed E-state index contributed by atoms with van der Waals surface area (Å²) in [7, 11) is 1.64. The number of methoxy groups -OCH3 is 1. The molecule has 0 atom stereocenters. The van der Waals surface area contributed by atoms with Gasteiger partial charge in [-0.25, -0.2) is 0 Å². The van der Waals surface area contributed by atoms with E-state index in [1.165, 1.54) is 0 Å². The molecule has 0 spiro atoms. The molecule has 0 aliphatic heterocycles. The summed E-state index contributed by atoms with van der Waals surface area (Å²) >= 11 is 0. The molecule has 1 heterocycles. The minimum atomic E-state index is 0.506. The molecule has 0 aliphatic carbocycles. The van der Waals surface area contributed by atoms with Gasteiger partial charge in [-0.1, -0.05) is 18.2 Å². The summed E-state index contributed by atoms with van der Waals surface area (Å²) in [6.07, 6.45) is 0. The summed E-state index contributed by atoms with van der Waals surface area (Å²) in [5.74, 6) is 2.70. The first-order valence-electron chi connectivity index (χ1n) is 7.70. The third-order valence-corrected chi connectivity index (χ3v) is 3.37. The summed E-state index contributed by atoms with van der Waals surface area (Å²) in [4.78, 5) is 0. The molecule has 6 heteroatoms. The quantitative estimate of drug-likeness (QED) is 0.642. The molecule has 0 aliphatic rings. The zero-order valence-corrected chi connectivity index (χ0v) is 13.4. The van der Waals surface area contributed by atoms with Gasteiger partial charge in [-0.2, -0.15) is 0 Å². The average molecular weight is 325 g/mol. The van der Waals surface area contributed by atoms with Gasteiger partial charge in [0.05, 0.1) is 13.7 Å². The van der Waals surface area contributed by atoms with Crippen LogP contribution in [-0.2, 0) is 6.54 Å². The van der Waals surface area contributed by atoms with E-state index in [-0.39, 0.29) is 0 Å². The number of nitrogens with one attached hydrogen (secondary N) is 1. The van der Waals surface area contributed by atoms with Crippen LogP contribution in [0.25, 0.3) is 11.5 Å². The lowest BCUT2D eigenvalue weighted by atomic mass is 10.2. The maximum atomic E-state index is 5.63. The molecule has 1 N–H and O–H groups in total. The number of ether oxygens (including phenoxy) is 2. The van der Waals surface area contributed by atoms with E-state index in [1.807, 2.05) is 54.6 Å². The number of benzene rings is 2. The van der Waals surface area contributed by atoms with E-state index in [2.05, 4.69) is 15.5 Å². The van der Waals surface area contributed by atoms with E-state index < -0.39 is 0 Å². The molecular weight excluding hydrogens is 306 g/mol. The smallest absolute Gasteiger partial charge is 0.247 e.